The largest absolute Gasteiger partial charge is 0.497 e. The molecule has 6 heteroatoms. The lowest BCUT2D eigenvalue weighted by atomic mass is 10.0. The number of amides is 2. The van der Waals surface area contributed by atoms with Crippen LogP contribution in [0, 0.1) is 5.92 Å². The minimum absolute atomic E-state index is 0.0282. The second-order valence-corrected chi connectivity index (χ2v) is 8.45. The SMILES string of the molecule is COc1ccc([C@H]2CCCN2C(=O)[C@@H]2CC(=O)N(c3ccc(SC)cc3)C2)cc1. The molecule has 0 saturated carbocycles. The van der Waals surface area contributed by atoms with Crippen LogP contribution >= 0.6 is 11.8 Å². The van der Waals surface area contributed by atoms with Crippen LogP contribution < -0.4 is 9.64 Å². The summed E-state index contributed by atoms with van der Waals surface area (Å²) in [5.41, 5.74) is 2.00. The average Bonchev–Trinajstić information content (AvgIpc) is 3.40. The number of thioether (sulfide) groups is 1. The molecule has 2 heterocycles. The van der Waals surface area contributed by atoms with E-state index >= 15 is 0 Å². The minimum atomic E-state index is -0.276. The molecule has 2 amide bonds. The fraction of sp³-hybridized carbons (Fsp3) is 0.391. The van der Waals surface area contributed by atoms with Gasteiger partial charge >= 0.3 is 0 Å². The summed E-state index contributed by atoms with van der Waals surface area (Å²) in [6.45, 7) is 1.21. The number of carbonyl (C=O) groups excluding carboxylic acids is 2. The molecule has 0 aromatic heterocycles. The summed E-state index contributed by atoms with van der Waals surface area (Å²) in [5, 5.41) is 0. The van der Waals surface area contributed by atoms with Gasteiger partial charge in [0, 0.05) is 30.1 Å². The smallest absolute Gasteiger partial charge is 0.228 e. The van der Waals surface area contributed by atoms with E-state index in [1.54, 1.807) is 23.8 Å². The molecule has 2 atom stereocenters. The van der Waals surface area contributed by atoms with E-state index in [4.69, 9.17) is 4.74 Å². The van der Waals surface area contributed by atoms with E-state index < -0.39 is 0 Å². The third-order valence-corrected chi connectivity index (χ3v) is 6.64. The molecule has 2 saturated heterocycles. The van der Waals surface area contributed by atoms with Gasteiger partial charge in [-0.05, 0) is 61.1 Å². The summed E-state index contributed by atoms with van der Waals surface area (Å²) < 4.78 is 5.24. The van der Waals surface area contributed by atoms with Crippen LogP contribution in [0.1, 0.15) is 30.9 Å². The highest BCUT2D eigenvalue weighted by atomic mass is 32.2. The van der Waals surface area contributed by atoms with Crippen molar-refractivity contribution in [2.24, 2.45) is 5.92 Å². The summed E-state index contributed by atoms with van der Waals surface area (Å²) in [7, 11) is 1.65. The van der Waals surface area contributed by atoms with Crippen molar-refractivity contribution in [3.63, 3.8) is 0 Å². The Kier molecular flexibility index (Phi) is 5.81. The molecule has 2 aromatic carbocycles. The normalized spacial score (nSPS) is 21.7. The molecule has 152 valence electrons. The third kappa shape index (κ3) is 3.99. The van der Waals surface area contributed by atoms with Crippen LogP contribution in [0.25, 0.3) is 0 Å². The van der Waals surface area contributed by atoms with Crippen LogP contribution in [0.3, 0.4) is 0 Å². The lowest BCUT2D eigenvalue weighted by Crippen LogP contribution is -2.37. The van der Waals surface area contributed by atoms with E-state index in [0.717, 1.165) is 41.3 Å². The second-order valence-electron chi connectivity index (χ2n) is 7.57. The highest BCUT2D eigenvalue weighted by Gasteiger charge is 2.40. The van der Waals surface area contributed by atoms with Gasteiger partial charge in [-0.15, -0.1) is 11.8 Å². The van der Waals surface area contributed by atoms with Crippen molar-refractivity contribution >= 4 is 29.3 Å². The molecule has 0 spiro atoms. The van der Waals surface area contributed by atoms with Gasteiger partial charge in [0.25, 0.3) is 0 Å². The number of rotatable bonds is 5. The van der Waals surface area contributed by atoms with Crippen molar-refractivity contribution in [1.29, 1.82) is 0 Å². The molecule has 0 bridgehead atoms. The van der Waals surface area contributed by atoms with E-state index in [-0.39, 0.29) is 30.2 Å². The first-order chi connectivity index (χ1) is 14.1. The summed E-state index contributed by atoms with van der Waals surface area (Å²) >= 11 is 1.67. The van der Waals surface area contributed by atoms with Gasteiger partial charge in [0.15, 0.2) is 0 Å². The highest BCUT2D eigenvalue weighted by molar-refractivity contribution is 7.98. The number of hydrogen-bond donors (Lipinski definition) is 0. The van der Waals surface area contributed by atoms with Gasteiger partial charge in [-0.25, -0.2) is 0 Å². The van der Waals surface area contributed by atoms with Gasteiger partial charge in [-0.2, -0.15) is 0 Å². The molecule has 5 nitrogen and oxygen atoms in total. The van der Waals surface area contributed by atoms with Crippen molar-refractivity contribution in [3.05, 3.63) is 54.1 Å². The quantitative estimate of drug-likeness (QED) is 0.696. The zero-order valence-corrected chi connectivity index (χ0v) is 17.7. The van der Waals surface area contributed by atoms with Crippen LogP contribution in [-0.2, 0) is 9.59 Å². The van der Waals surface area contributed by atoms with E-state index in [2.05, 4.69) is 0 Å². The number of carbonyl (C=O) groups is 2. The van der Waals surface area contributed by atoms with E-state index in [0.29, 0.717) is 6.54 Å². The summed E-state index contributed by atoms with van der Waals surface area (Å²) in [6.07, 6.45) is 4.26. The monoisotopic (exact) mass is 410 g/mol. The Hall–Kier alpha value is -2.47. The minimum Gasteiger partial charge on any atom is -0.497 e. The molecule has 0 aliphatic carbocycles. The van der Waals surface area contributed by atoms with Crippen LogP contribution in [0.4, 0.5) is 5.69 Å². The number of anilines is 1. The number of nitrogens with zero attached hydrogens (tertiary/aromatic N) is 2. The fourth-order valence-electron chi connectivity index (χ4n) is 4.32. The molecule has 2 aliphatic rings. The zero-order valence-electron chi connectivity index (χ0n) is 16.8. The van der Waals surface area contributed by atoms with Gasteiger partial charge in [-0.3, -0.25) is 9.59 Å². The van der Waals surface area contributed by atoms with Crippen molar-refractivity contribution in [3.8, 4) is 5.75 Å². The molecule has 0 N–H and O–H groups in total. The average molecular weight is 411 g/mol. The molecular formula is C23H26N2O3S. The maximum atomic E-state index is 13.3. The van der Waals surface area contributed by atoms with Gasteiger partial charge in [0.2, 0.25) is 11.8 Å². The maximum absolute atomic E-state index is 13.3. The Morgan fingerprint density at radius 1 is 1.10 bits per heavy atom. The van der Waals surface area contributed by atoms with Crippen LogP contribution in [0.2, 0.25) is 0 Å². The van der Waals surface area contributed by atoms with Crippen molar-refractivity contribution < 1.29 is 14.3 Å². The highest BCUT2D eigenvalue weighted by Crippen LogP contribution is 2.36. The number of benzene rings is 2. The number of hydrogen-bond acceptors (Lipinski definition) is 4. The number of likely N-dealkylation sites (tertiary alicyclic amines) is 1. The predicted octanol–water partition coefficient (Wildman–Crippen LogP) is 4.13. The Morgan fingerprint density at radius 3 is 2.48 bits per heavy atom. The van der Waals surface area contributed by atoms with E-state index in [9.17, 15) is 9.59 Å². The molecule has 29 heavy (non-hydrogen) atoms. The zero-order chi connectivity index (χ0) is 20.4. The number of ether oxygens (including phenoxy) is 1. The summed E-state index contributed by atoms with van der Waals surface area (Å²) in [4.78, 5) is 30.8. The molecule has 0 radical (unpaired) electrons. The molecule has 2 aromatic rings. The molecule has 4 rings (SSSR count). The fourth-order valence-corrected chi connectivity index (χ4v) is 4.73. The van der Waals surface area contributed by atoms with Crippen LogP contribution in [-0.4, -0.2) is 43.2 Å². The standard InChI is InChI=1S/C23H26N2O3S/c1-28-19-9-5-16(6-10-19)21-4-3-13-24(21)23(27)17-14-22(26)25(15-17)18-7-11-20(29-2)12-8-18/h5-12,17,21H,3-4,13-15H2,1-2H3/t17-,21-/m1/s1. The van der Waals surface area contributed by atoms with Crippen molar-refractivity contribution in [2.75, 3.05) is 31.4 Å². The Labute approximate surface area is 176 Å². The predicted molar refractivity (Wildman–Crippen MR) is 115 cm³/mol. The van der Waals surface area contributed by atoms with Crippen molar-refractivity contribution in [1.82, 2.24) is 4.90 Å². The number of methoxy groups -OCH3 is 1. The Morgan fingerprint density at radius 2 is 1.83 bits per heavy atom. The second kappa shape index (κ2) is 8.49. The molecular weight excluding hydrogens is 384 g/mol. The molecule has 2 fully saturated rings. The van der Waals surface area contributed by atoms with Crippen LogP contribution in [0.15, 0.2) is 53.4 Å². The third-order valence-electron chi connectivity index (χ3n) is 5.89. The lowest BCUT2D eigenvalue weighted by Gasteiger charge is -2.28. The first-order valence-electron chi connectivity index (χ1n) is 9.99. The van der Waals surface area contributed by atoms with Gasteiger partial charge in [-0.1, -0.05) is 12.1 Å². The van der Waals surface area contributed by atoms with Crippen molar-refractivity contribution in [2.45, 2.75) is 30.2 Å². The Bertz CT molecular complexity index is 882. The Balaban J connectivity index is 1.47. The summed E-state index contributed by atoms with van der Waals surface area (Å²) in [6, 6.07) is 16.0. The first-order valence-corrected chi connectivity index (χ1v) is 11.2. The molecule has 2 aliphatic heterocycles. The lowest BCUT2D eigenvalue weighted by molar-refractivity contribution is -0.136. The molecule has 0 unspecified atom stereocenters. The topological polar surface area (TPSA) is 49.9 Å². The first kappa shape index (κ1) is 19.8. The van der Waals surface area contributed by atoms with Gasteiger partial charge < -0.3 is 14.5 Å². The van der Waals surface area contributed by atoms with Gasteiger partial charge in [0.05, 0.1) is 19.1 Å². The summed E-state index contributed by atoms with van der Waals surface area (Å²) in [5.74, 6) is 0.663. The van der Waals surface area contributed by atoms with Crippen LogP contribution in [0.5, 0.6) is 5.75 Å². The van der Waals surface area contributed by atoms with E-state index in [1.807, 2.05) is 59.7 Å². The van der Waals surface area contributed by atoms with E-state index in [1.165, 1.54) is 0 Å². The van der Waals surface area contributed by atoms with Gasteiger partial charge in [0.1, 0.15) is 5.75 Å². The maximum Gasteiger partial charge on any atom is 0.228 e.